The smallest absolute Gasteiger partial charge is 0.241 e. The van der Waals surface area contributed by atoms with Crippen molar-refractivity contribution in [2.75, 3.05) is 12.3 Å². The van der Waals surface area contributed by atoms with E-state index in [0.29, 0.717) is 18.2 Å². The molecule has 1 aromatic heterocycles. The Hall–Kier alpha value is -1.81. The molecule has 2 rings (SSSR count). The predicted octanol–water partition coefficient (Wildman–Crippen LogP) is 2.72. The van der Waals surface area contributed by atoms with Gasteiger partial charge in [0.05, 0.1) is 6.61 Å². The molecule has 0 saturated carbocycles. The first-order valence-corrected chi connectivity index (χ1v) is 6.08. The number of hydrogen-bond donors (Lipinski definition) is 1. The molecule has 0 aliphatic carbocycles. The first-order valence-electron chi connectivity index (χ1n) is 5.70. The first-order chi connectivity index (χ1) is 8.77. The van der Waals surface area contributed by atoms with Crippen LogP contribution >= 0.6 is 11.6 Å². The van der Waals surface area contributed by atoms with Crippen LogP contribution in [0.3, 0.4) is 0 Å². The number of benzene rings is 1. The topological polar surface area (TPSA) is 61.0 Å². The maximum atomic E-state index is 5.77. The Kier molecular flexibility index (Phi) is 4.36. The number of nitrogens with two attached hydrogens (primary N) is 1. The molecule has 0 unspecified atom stereocenters. The van der Waals surface area contributed by atoms with E-state index in [4.69, 9.17) is 22.1 Å². The summed E-state index contributed by atoms with van der Waals surface area (Å²) in [6.07, 6.45) is 3.19. The van der Waals surface area contributed by atoms with Gasteiger partial charge in [-0.1, -0.05) is 41.9 Å². The summed E-state index contributed by atoms with van der Waals surface area (Å²) in [4.78, 5) is 7.71. The van der Waals surface area contributed by atoms with Gasteiger partial charge in [-0.05, 0) is 18.4 Å². The van der Waals surface area contributed by atoms with Crippen molar-refractivity contribution in [3.05, 3.63) is 47.4 Å². The molecular weight excluding hydrogens is 250 g/mol. The molecule has 94 valence electrons. The Balaban J connectivity index is 1.81. The summed E-state index contributed by atoms with van der Waals surface area (Å²) in [5, 5.41) is 0.225. The maximum Gasteiger partial charge on any atom is 0.241 e. The van der Waals surface area contributed by atoms with E-state index in [1.807, 2.05) is 18.2 Å². The quantitative estimate of drug-likeness (QED) is 0.666. The van der Waals surface area contributed by atoms with Gasteiger partial charge in [-0.15, -0.1) is 0 Å². The maximum absolute atomic E-state index is 5.77. The number of nitrogens with zero attached hydrogens (tertiary/aromatic N) is 2. The SMILES string of the molecule is Nc1c(Cl)ncnc1OCCCc1ccccc1. The van der Waals surface area contributed by atoms with Crippen molar-refractivity contribution in [1.82, 2.24) is 9.97 Å². The molecule has 0 aliphatic rings. The van der Waals surface area contributed by atoms with Crippen LogP contribution < -0.4 is 10.5 Å². The average molecular weight is 264 g/mol. The molecule has 5 heteroatoms. The van der Waals surface area contributed by atoms with E-state index in [0.717, 1.165) is 12.8 Å². The molecule has 0 amide bonds. The Morgan fingerprint density at radius 1 is 1.17 bits per heavy atom. The van der Waals surface area contributed by atoms with E-state index in [-0.39, 0.29) is 5.15 Å². The molecule has 0 spiro atoms. The van der Waals surface area contributed by atoms with Crippen LogP contribution in [0.15, 0.2) is 36.7 Å². The lowest BCUT2D eigenvalue weighted by molar-refractivity contribution is 0.300. The Morgan fingerprint density at radius 3 is 2.72 bits per heavy atom. The molecule has 0 aliphatic heterocycles. The standard InChI is InChI=1S/C13H14ClN3O/c14-12-11(15)13(17-9-16-12)18-8-4-7-10-5-2-1-3-6-10/h1-3,5-6,9H,4,7-8,15H2. The summed E-state index contributed by atoms with van der Waals surface area (Å²) in [6, 6.07) is 10.2. The third kappa shape index (κ3) is 3.34. The molecule has 0 saturated heterocycles. The fourth-order valence-electron chi connectivity index (χ4n) is 1.56. The van der Waals surface area contributed by atoms with Gasteiger partial charge in [0, 0.05) is 0 Å². The van der Waals surface area contributed by atoms with E-state index < -0.39 is 0 Å². The monoisotopic (exact) mass is 263 g/mol. The van der Waals surface area contributed by atoms with Gasteiger partial charge in [0.2, 0.25) is 5.88 Å². The van der Waals surface area contributed by atoms with Crippen LogP contribution in [0.25, 0.3) is 0 Å². The second-order valence-electron chi connectivity index (χ2n) is 3.82. The lowest BCUT2D eigenvalue weighted by atomic mass is 10.1. The summed E-state index contributed by atoms with van der Waals surface area (Å²) in [5.74, 6) is 0.350. The van der Waals surface area contributed by atoms with Crippen molar-refractivity contribution in [1.29, 1.82) is 0 Å². The number of rotatable bonds is 5. The normalized spacial score (nSPS) is 10.3. The lowest BCUT2D eigenvalue weighted by Gasteiger charge is -2.07. The largest absolute Gasteiger partial charge is 0.476 e. The van der Waals surface area contributed by atoms with E-state index in [2.05, 4.69) is 22.1 Å². The minimum absolute atomic E-state index is 0.225. The van der Waals surface area contributed by atoms with Crippen LogP contribution in [0.1, 0.15) is 12.0 Å². The van der Waals surface area contributed by atoms with Gasteiger partial charge < -0.3 is 10.5 Å². The number of aryl methyl sites for hydroxylation is 1. The Morgan fingerprint density at radius 2 is 1.94 bits per heavy atom. The molecule has 18 heavy (non-hydrogen) atoms. The highest BCUT2D eigenvalue weighted by Crippen LogP contribution is 2.24. The van der Waals surface area contributed by atoms with E-state index in [9.17, 15) is 0 Å². The molecular formula is C13H14ClN3O. The lowest BCUT2D eigenvalue weighted by Crippen LogP contribution is -2.04. The summed E-state index contributed by atoms with van der Waals surface area (Å²) >= 11 is 5.77. The minimum atomic E-state index is 0.225. The van der Waals surface area contributed by atoms with Crippen molar-refractivity contribution in [3.63, 3.8) is 0 Å². The van der Waals surface area contributed by atoms with Crippen LogP contribution in [0.2, 0.25) is 5.15 Å². The summed E-state index contributed by atoms with van der Waals surface area (Å²) in [5.41, 5.74) is 7.27. The second-order valence-corrected chi connectivity index (χ2v) is 4.18. The van der Waals surface area contributed by atoms with Gasteiger partial charge in [-0.3, -0.25) is 0 Å². The second kappa shape index (κ2) is 6.21. The number of ether oxygens (including phenoxy) is 1. The first kappa shape index (κ1) is 12.6. The molecule has 4 nitrogen and oxygen atoms in total. The molecule has 0 bridgehead atoms. The average Bonchev–Trinajstić information content (AvgIpc) is 2.40. The summed E-state index contributed by atoms with van der Waals surface area (Å²) in [7, 11) is 0. The van der Waals surface area contributed by atoms with Crippen LogP contribution in [0.4, 0.5) is 5.69 Å². The number of aromatic nitrogens is 2. The number of anilines is 1. The summed E-state index contributed by atoms with van der Waals surface area (Å²) < 4.78 is 5.48. The van der Waals surface area contributed by atoms with Crippen molar-refractivity contribution in [3.8, 4) is 5.88 Å². The van der Waals surface area contributed by atoms with Crippen molar-refractivity contribution >= 4 is 17.3 Å². The van der Waals surface area contributed by atoms with Crippen LogP contribution in [0, 0.1) is 0 Å². The van der Waals surface area contributed by atoms with Gasteiger partial charge in [0.25, 0.3) is 0 Å². The van der Waals surface area contributed by atoms with Gasteiger partial charge in [-0.2, -0.15) is 4.98 Å². The Bertz CT molecular complexity index is 505. The molecule has 2 aromatic rings. The fraction of sp³-hybridized carbons (Fsp3) is 0.231. The van der Waals surface area contributed by atoms with E-state index in [1.165, 1.54) is 11.9 Å². The molecule has 0 radical (unpaired) electrons. The third-order valence-corrected chi connectivity index (χ3v) is 2.79. The number of halogens is 1. The predicted molar refractivity (Wildman–Crippen MR) is 71.7 cm³/mol. The minimum Gasteiger partial charge on any atom is -0.476 e. The van der Waals surface area contributed by atoms with Gasteiger partial charge in [-0.25, -0.2) is 4.98 Å². The van der Waals surface area contributed by atoms with Gasteiger partial charge in [0.1, 0.15) is 12.0 Å². The van der Waals surface area contributed by atoms with Crippen molar-refractivity contribution in [2.24, 2.45) is 0 Å². The molecule has 0 atom stereocenters. The highest BCUT2D eigenvalue weighted by atomic mass is 35.5. The number of nitrogen functional groups attached to an aromatic ring is 1. The van der Waals surface area contributed by atoms with Crippen LogP contribution in [0.5, 0.6) is 5.88 Å². The van der Waals surface area contributed by atoms with Crippen LogP contribution in [-0.2, 0) is 6.42 Å². The zero-order valence-corrected chi connectivity index (χ0v) is 10.6. The van der Waals surface area contributed by atoms with Gasteiger partial charge >= 0.3 is 0 Å². The molecule has 1 aromatic carbocycles. The van der Waals surface area contributed by atoms with Crippen LogP contribution in [-0.4, -0.2) is 16.6 Å². The highest BCUT2D eigenvalue weighted by molar-refractivity contribution is 6.32. The summed E-state index contributed by atoms with van der Waals surface area (Å²) in [6.45, 7) is 0.548. The Labute approximate surface area is 111 Å². The van der Waals surface area contributed by atoms with Crippen molar-refractivity contribution in [2.45, 2.75) is 12.8 Å². The van der Waals surface area contributed by atoms with Gasteiger partial charge in [0.15, 0.2) is 5.15 Å². The zero-order chi connectivity index (χ0) is 12.8. The highest BCUT2D eigenvalue weighted by Gasteiger charge is 2.06. The number of hydrogen-bond acceptors (Lipinski definition) is 4. The molecule has 2 N–H and O–H groups in total. The van der Waals surface area contributed by atoms with E-state index in [1.54, 1.807) is 0 Å². The molecule has 1 heterocycles. The zero-order valence-electron chi connectivity index (χ0n) is 9.84. The van der Waals surface area contributed by atoms with E-state index >= 15 is 0 Å². The third-order valence-electron chi connectivity index (χ3n) is 2.49. The molecule has 0 fully saturated rings. The fourth-order valence-corrected chi connectivity index (χ4v) is 1.69. The van der Waals surface area contributed by atoms with Crippen molar-refractivity contribution < 1.29 is 4.74 Å².